The molecule has 1 unspecified atom stereocenters. The van der Waals surface area contributed by atoms with Gasteiger partial charge in [-0.25, -0.2) is 0 Å². The summed E-state index contributed by atoms with van der Waals surface area (Å²) in [6, 6.07) is 22.4. The predicted molar refractivity (Wildman–Crippen MR) is 85.0 cm³/mol. The Morgan fingerprint density at radius 3 is 2.10 bits per heavy atom. The summed E-state index contributed by atoms with van der Waals surface area (Å²) >= 11 is 0. The van der Waals surface area contributed by atoms with Gasteiger partial charge < -0.3 is 5.32 Å². The van der Waals surface area contributed by atoms with Crippen molar-refractivity contribution in [2.75, 3.05) is 6.54 Å². The lowest BCUT2D eigenvalue weighted by Crippen LogP contribution is -2.41. The zero-order chi connectivity index (χ0) is 13.8. The highest BCUT2D eigenvalue weighted by Gasteiger charge is 2.49. The van der Waals surface area contributed by atoms with Crippen molar-refractivity contribution in [1.29, 1.82) is 0 Å². The molecule has 1 heteroatoms. The van der Waals surface area contributed by atoms with Crippen LogP contribution in [0.15, 0.2) is 60.7 Å². The van der Waals surface area contributed by atoms with Gasteiger partial charge in [0.1, 0.15) is 0 Å². The summed E-state index contributed by atoms with van der Waals surface area (Å²) < 4.78 is 0. The van der Waals surface area contributed by atoms with E-state index in [-0.39, 0.29) is 0 Å². The van der Waals surface area contributed by atoms with E-state index in [2.05, 4.69) is 72.9 Å². The molecule has 0 aromatic heterocycles. The smallest absolute Gasteiger partial charge is 0.0204 e. The van der Waals surface area contributed by atoms with Gasteiger partial charge in [0.05, 0.1) is 0 Å². The molecule has 1 atom stereocenters. The number of hydrogen-bond acceptors (Lipinski definition) is 1. The van der Waals surface area contributed by atoms with E-state index in [0.29, 0.717) is 11.5 Å². The van der Waals surface area contributed by atoms with Gasteiger partial charge in [0.25, 0.3) is 0 Å². The molecule has 20 heavy (non-hydrogen) atoms. The van der Waals surface area contributed by atoms with Crippen molar-refractivity contribution in [3.63, 3.8) is 0 Å². The fourth-order valence-corrected chi connectivity index (χ4v) is 3.30. The van der Waals surface area contributed by atoms with Crippen LogP contribution < -0.4 is 5.32 Å². The summed E-state index contributed by atoms with van der Waals surface area (Å²) in [6.07, 6.45) is 3.73. The highest BCUT2D eigenvalue weighted by molar-refractivity contribution is 5.35. The van der Waals surface area contributed by atoms with Crippen LogP contribution in [0.3, 0.4) is 0 Å². The third-order valence-corrected chi connectivity index (χ3v) is 4.54. The molecule has 1 fully saturated rings. The molecule has 104 valence electrons. The van der Waals surface area contributed by atoms with Gasteiger partial charge in [-0.1, -0.05) is 67.6 Å². The first-order valence-corrected chi connectivity index (χ1v) is 7.68. The standard InChI is InChI=1S/C19H23N/c1-2-20-18(15-16-9-5-3-6-10-16)19(13-14-19)17-11-7-4-8-12-17/h3-12,18,20H,2,13-15H2,1H3. The summed E-state index contributed by atoms with van der Waals surface area (Å²) in [7, 11) is 0. The second kappa shape index (κ2) is 5.80. The molecule has 1 nitrogen and oxygen atoms in total. The zero-order valence-corrected chi connectivity index (χ0v) is 12.2. The summed E-state index contributed by atoms with van der Waals surface area (Å²) in [5, 5.41) is 3.73. The highest BCUT2D eigenvalue weighted by Crippen LogP contribution is 2.51. The van der Waals surface area contributed by atoms with Crippen LogP contribution in [-0.2, 0) is 11.8 Å². The van der Waals surface area contributed by atoms with Crippen molar-refractivity contribution in [3.05, 3.63) is 71.8 Å². The van der Waals surface area contributed by atoms with Crippen LogP contribution in [0.2, 0.25) is 0 Å². The molecular formula is C19H23N. The van der Waals surface area contributed by atoms with Gasteiger partial charge in [-0.2, -0.15) is 0 Å². The largest absolute Gasteiger partial charge is 0.313 e. The van der Waals surface area contributed by atoms with Crippen molar-refractivity contribution in [3.8, 4) is 0 Å². The van der Waals surface area contributed by atoms with E-state index in [9.17, 15) is 0 Å². The normalized spacial score (nSPS) is 17.6. The topological polar surface area (TPSA) is 12.0 Å². The summed E-state index contributed by atoms with van der Waals surface area (Å²) in [5.74, 6) is 0. The maximum Gasteiger partial charge on any atom is 0.0204 e. The van der Waals surface area contributed by atoms with Crippen LogP contribution in [-0.4, -0.2) is 12.6 Å². The molecule has 3 rings (SSSR count). The molecule has 1 aliphatic carbocycles. The van der Waals surface area contributed by atoms with Crippen LogP contribution in [0.4, 0.5) is 0 Å². The molecule has 1 aliphatic rings. The number of rotatable bonds is 6. The molecule has 2 aromatic carbocycles. The van der Waals surface area contributed by atoms with Crippen molar-refractivity contribution < 1.29 is 0 Å². The molecule has 0 saturated heterocycles. The maximum atomic E-state index is 3.73. The molecule has 0 radical (unpaired) electrons. The van der Waals surface area contributed by atoms with E-state index in [0.717, 1.165) is 13.0 Å². The minimum absolute atomic E-state index is 0.354. The Hall–Kier alpha value is -1.60. The molecular weight excluding hydrogens is 242 g/mol. The quantitative estimate of drug-likeness (QED) is 0.834. The first-order valence-electron chi connectivity index (χ1n) is 7.68. The lowest BCUT2D eigenvalue weighted by molar-refractivity contribution is 0.421. The van der Waals surface area contributed by atoms with Crippen molar-refractivity contribution >= 4 is 0 Å². The van der Waals surface area contributed by atoms with Crippen LogP contribution >= 0.6 is 0 Å². The molecule has 0 amide bonds. The fraction of sp³-hybridized carbons (Fsp3) is 0.368. The number of hydrogen-bond donors (Lipinski definition) is 1. The van der Waals surface area contributed by atoms with E-state index in [1.807, 2.05) is 0 Å². The Labute approximate surface area is 122 Å². The number of benzene rings is 2. The average molecular weight is 265 g/mol. The van der Waals surface area contributed by atoms with Gasteiger partial charge >= 0.3 is 0 Å². The molecule has 1 saturated carbocycles. The van der Waals surface area contributed by atoms with Crippen molar-refractivity contribution in [2.45, 2.75) is 37.6 Å². The van der Waals surface area contributed by atoms with E-state index in [1.165, 1.54) is 24.0 Å². The van der Waals surface area contributed by atoms with E-state index in [1.54, 1.807) is 0 Å². The summed E-state index contributed by atoms with van der Waals surface area (Å²) in [6.45, 7) is 3.24. The lowest BCUT2D eigenvalue weighted by Gasteiger charge is -2.28. The van der Waals surface area contributed by atoms with Gasteiger partial charge in [-0.3, -0.25) is 0 Å². The van der Waals surface area contributed by atoms with Gasteiger partial charge in [-0.05, 0) is 36.9 Å². The van der Waals surface area contributed by atoms with Crippen LogP contribution in [0.25, 0.3) is 0 Å². The van der Waals surface area contributed by atoms with Crippen LogP contribution in [0.5, 0.6) is 0 Å². The van der Waals surface area contributed by atoms with Gasteiger partial charge in [0.2, 0.25) is 0 Å². The van der Waals surface area contributed by atoms with Crippen LogP contribution in [0, 0.1) is 0 Å². The third-order valence-electron chi connectivity index (χ3n) is 4.54. The lowest BCUT2D eigenvalue weighted by atomic mass is 9.84. The Morgan fingerprint density at radius 2 is 1.55 bits per heavy atom. The van der Waals surface area contributed by atoms with Crippen molar-refractivity contribution in [1.82, 2.24) is 5.32 Å². The van der Waals surface area contributed by atoms with E-state index >= 15 is 0 Å². The van der Waals surface area contributed by atoms with Gasteiger partial charge in [0, 0.05) is 11.5 Å². The molecule has 1 N–H and O–H groups in total. The Kier molecular flexibility index (Phi) is 3.88. The summed E-state index contributed by atoms with van der Waals surface area (Å²) in [5.41, 5.74) is 3.29. The van der Waals surface area contributed by atoms with Gasteiger partial charge in [0.15, 0.2) is 0 Å². The van der Waals surface area contributed by atoms with Crippen molar-refractivity contribution in [2.24, 2.45) is 0 Å². The third kappa shape index (κ3) is 2.64. The number of likely N-dealkylation sites (N-methyl/N-ethyl adjacent to an activating group) is 1. The molecule has 0 heterocycles. The van der Waals surface area contributed by atoms with E-state index < -0.39 is 0 Å². The molecule has 0 aliphatic heterocycles. The molecule has 0 bridgehead atoms. The molecule has 2 aromatic rings. The SMILES string of the molecule is CCNC(Cc1ccccc1)C1(c2ccccc2)CC1. The molecule has 0 spiro atoms. The van der Waals surface area contributed by atoms with Crippen LogP contribution in [0.1, 0.15) is 30.9 Å². The first kappa shape index (κ1) is 13.4. The fourth-order valence-electron chi connectivity index (χ4n) is 3.30. The minimum atomic E-state index is 0.354. The number of nitrogens with one attached hydrogen (secondary N) is 1. The second-order valence-electron chi connectivity index (χ2n) is 5.82. The predicted octanol–water partition coefficient (Wildman–Crippen LogP) is 3.94. The van der Waals surface area contributed by atoms with E-state index in [4.69, 9.17) is 0 Å². The average Bonchev–Trinajstić information content (AvgIpc) is 3.31. The summed E-state index contributed by atoms with van der Waals surface area (Å²) in [4.78, 5) is 0. The Bertz CT molecular complexity index is 528. The Morgan fingerprint density at radius 1 is 0.950 bits per heavy atom. The first-order chi connectivity index (χ1) is 9.85. The van der Waals surface area contributed by atoms with Gasteiger partial charge in [-0.15, -0.1) is 0 Å². The minimum Gasteiger partial charge on any atom is -0.313 e. The highest BCUT2D eigenvalue weighted by atomic mass is 14.9. The monoisotopic (exact) mass is 265 g/mol. The Balaban J connectivity index is 1.84. The maximum absolute atomic E-state index is 3.73. The zero-order valence-electron chi connectivity index (χ0n) is 12.2. The second-order valence-corrected chi connectivity index (χ2v) is 5.82.